The standard InChI is InChI=1S/C35H40F2N4O4/c1-24(40-21-34(22-40)16-18-39(23-35(34,36)37)31(42)45-33(2,3)4)26-13-14-29(38-19-26)27-11-8-12-30-28(27)15-17-41(30)32(43)44-20-25-9-6-5-7-10-25/h5-14,19,24H,15-18,20-23H2,1-4H3/t24-/m0/s1. The highest BCUT2D eigenvalue weighted by atomic mass is 19.3. The monoisotopic (exact) mass is 618 g/mol. The van der Waals surface area contributed by atoms with Gasteiger partial charge in [-0.3, -0.25) is 14.8 Å². The topological polar surface area (TPSA) is 75.2 Å². The summed E-state index contributed by atoms with van der Waals surface area (Å²) in [5.41, 5.74) is 3.64. The largest absolute Gasteiger partial charge is 0.444 e. The van der Waals surface area contributed by atoms with E-state index < -0.39 is 29.6 Å². The highest BCUT2D eigenvalue weighted by Gasteiger charge is 2.63. The van der Waals surface area contributed by atoms with Crippen molar-refractivity contribution in [3.05, 3.63) is 83.6 Å². The molecule has 10 heteroatoms. The molecule has 4 heterocycles. The summed E-state index contributed by atoms with van der Waals surface area (Å²) in [5.74, 6) is -3.00. The Hall–Kier alpha value is -4.05. The number of aromatic nitrogens is 1. The van der Waals surface area contributed by atoms with Crippen LogP contribution in [0.25, 0.3) is 11.3 Å². The predicted molar refractivity (Wildman–Crippen MR) is 167 cm³/mol. The summed E-state index contributed by atoms with van der Waals surface area (Å²) in [7, 11) is 0. The lowest BCUT2D eigenvalue weighted by atomic mass is 9.68. The summed E-state index contributed by atoms with van der Waals surface area (Å²) < 4.78 is 41.7. The lowest BCUT2D eigenvalue weighted by Crippen LogP contribution is -2.70. The van der Waals surface area contributed by atoms with E-state index in [1.807, 2.05) is 78.7 Å². The van der Waals surface area contributed by atoms with Crippen LogP contribution in [0.2, 0.25) is 0 Å². The molecule has 8 nitrogen and oxygen atoms in total. The maximum atomic E-state index is 15.4. The SMILES string of the molecule is C[C@@H](c1ccc(-c2cccc3c2CCN3C(=O)OCc2ccccc2)nc1)N1CC2(CCN(C(=O)OC(C)(C)C)CC2(F)F)C1. The third kappa shape index (κ3) is 6.12. The molecule has 3 aromatic rings. The normalized spacial score (nSPS) is 19.5. The molecule has 2 aromatic carbocycles. The Morgan fingerprint density at radius 3 is 2.38 bits per heavy atom. The molecule has 2 saturated heterocycles. The Balaban J connectivity index is 1.08. The maximum absolute atomic E-state index is 15.4. The number of nitrogens with zero attached hydrogens (tertiary/aromatic N) is 4. The van der Waals surface area contributed by atoms with Crippen molar-refractivity contribution in [1.29, 1.82) is 0 Å². The van der Waals surface area contributed by atoms with Gasteiger partial charge in [0.15, 0.2) is 0 Å². The number of amides is 2. The van der Waals surface area contributed by atoms with Gasteiger partial charge in [-0.05, 0) is 69.4 Å². The zero-order valence-electron chi connectivity index (χ0n) is 26.3. The van der Waals surface area contributed by atoms with E-state index in [2.05, 4.69) is 0 Å². The van der Waals surface area contributed by atoms with Gasteiger partial charge in [0.05, 0.1) is 23.3 Å². The molecule has 0 aliphatic carbocycles. The zero-order chi connectivity index (χ0) is 32.0. The number of ether oxygens (including phenoxy) is 2. The van der Waals surface area contributed by atoms with Crippen molar-refractivity contribution < 1.29 is 27.8 Å². The van der Waals surface area contributed by atoms with E-state index in [1.54, 1.807) is 25.7 Å². The first kappa shape index (κ1) is 31.0. The van der Waals surface area contributed by atoms with Gasteiger partial charge in [-0.15, -0.1) is 0 Å². The Bertz CT molecular complexity index is 1550. The molecule has 1 spiro atoms. The summed E-state index contributed by atoms with van der Waals surface area (Å²) in [5, 5.41) is 0. The number of hydrogen-bond donors (Lipinski definition) is 0. The molecule has 0 radical (unpaired) electrons. The van der Waals surface area contributed by atoms with Crippen molar-refractivity contribution in [2.75, 3.05) is 37.6 Å². The molecule has 0 saturated carbocycles. The molecule has 2 fully saturated rings. The molecule has 0 unspecified atom stereocenters. The number of pyridine rings is 1. The van der Waals surface area contributed by atoms with Crippen LogP contribution >= 0.6 is 0 Å². The van der Waals surface area contributed by atoms with Gasteiger partial charge >= 0.3 is 12.2 Å². The van der Waals surface area contributed by atoms with Crippen molar-refractivity contribution >= 4 is 17.9 Å². The average Bonchev–Trinajstić information content (AvgIpc) is 3.42. The summed E-state index contributed by atoms with van der Waals surface area (Å²) in [6, 6.07) is 19.3. The van der Waals surface area contributed by atoms with Crippen LogP contribution in [-0.4, -0.2) is 71.2 Å². The van der Waals surface area contributed by atoms with E-state index in [0.29, 0.717) is 13.0 Å². The van der Waals surface area contributed by atoms with Gasteiger partial charge < -0.3 is 14.4 Å². The van der Waals surface area contributed by atoms with E-state index in [9.17, 15) is 9.59 Å². The fourth-order valence-electron chi connectivity index (χ4n) is 6.58. The van der Waals surface area contributed by atoms with Gasteiger partial charge in [-0.25, -0.2) is 18.4 Å². The second-order valence-electron chi connectivity index (χ2n) is 13.4. The third-order valence-electron chi connectivity index (χ3n) is 9.23. The minimum absolute atomic E-state index is 0.0896. The quantitative estimate of drug-likeness (QED) is 0.304. The van der Waals surface area contributed by atoms with Crippen molar-refractivity contribution in [2.24, 2.45) is 5.41 Å². The molecular formula is C35H40F2N4O4. The molecule has 2 amide bonds. The fraction of sp³-hybridized carbons (Fsp3) is 0.457. The molecule has 0 N–H and O–H groups in total. The molecule has 1 aromatic heterocycles. The average molecular weight is 619 g/mol. The Morgan fingerprint density at radius 2 is 1.71 bits per heavy atom. The Morgan fingerprint density at radius 1 is 0.956 bits per heavy atom. The number of alkyl halides is 2. The number of piperidine rings is 1. The Labute approximate surface area is 262 Å². The van der Waals surface area contributed by atoms with Gasteiger partial charge in [0.25, 0.3) is 5.92 Å². The minimum atomic E-state index is -3.00. The fourth-order valence-corrected chi connectivity index (χ4v) is 6.58. The number of anilines is 1. The summed E-state index contributed by atoms with van der Waals surface area (Å²) >= 11 is 0. The highest BCUT2D eigenvalue weighted by molar-refractivity contribution is 5.92. The van der Waals surface area contributed by atoms with Crippen LogP contribution in [0.4, 0.5) is 24.1 Å². The first-order valence-electron chi connectivity index (χ1n) is 15.5. The zero-order valence-corrected chi connectivity index (χ0v) is 26.3. The number of rotatable bonds is 5. The number of halogens is 2. The smallest absolute Gasteiger partial charge is 0.414 e. The van der Waals surface area contributed by atoms with Gasteiger partial charge in [0.1, 0.15) is 12.2 Å². The number of likely N-dealkylation sites (tertiary alicyclic amines) is 2. The molecule has 3 aliphatic heterocycles. The lowest BCUT2D eigenvalue weighted by molar-refractivity contribution is -0.227. The van der Waals surface area contributed by atoms with Gasteiger partial charge in [-0.1, -0.05) is 48.5 Å². The Kier molecular flexibility index (Phi) is 8.05. The van der Waals surface area contributed by atoms with Gasteiger partial charge in [0, 0.05) is 44.0 Å². The number of carbonyl (C=O) groups excluding carboxylic acids is 2. The van der Waals surface area contributed by atoms with E-state index in [-0.39, 0.29) is 44.8 Å². The van der Waals surface area contributed by atoms with Gasteiger partial charge in [-0.2, -0.15) is 0 Å². The molecule has 0 bridgehead atoms. The van der Waals surface area contributed by atoms with Crippen LogP contribution in [0.3, 0.4) is 0 Å². The molecular weight excluding hydrogens is 578 g/mol. The lowest BCUT2D eigenvalue weighted by Gasteiger charge is -2.58. The maximum Gasteiger partial charge on any atom is 0.414 e. The summed E-state index contributed by atoms with van der Waals surface area (Å²) in [6.07, 6.45) is 1.68. The second kappa shape index (κ2) is 11.7. The molecule has 238 valence electrons. The first-order chi connectivity index (χ1) is 21.4. The van der Waals surface area contributed by atoms with Crippen LogP contribution in [0, 0.1) is 5.41 Å². The van der Waals surface area contributed by atoms with Crippen LogP contribution in [0.15, 0.2) is 66.9 Å². The number of fused-ring (bicyclic) bond motifs is 1. The highest BCUT2D eigenvalue weighted by Crippen LogP contribution is 2.52. The number of carbonyl (C=O) groups is 2. The molecule has 45 heavy (non-hydrogen) atoms. The van der Waals surface area contributed by atoms with Crippen molar-refractivity contribution in [3.8, 4) is 11.3 Å². The van der Waals surface area contributed by atoms with E-state index in [1.165, 1.54) is 0 Å². The van der Waals surface area contributed by atoms with Crippen molar-refractivity contribution in [3.63, 3.8) is 0 Å². The number of benzene rings is 2. The third-order valence-corrected chi connectivity index (χ3v) is 9.23. The minimum Gasteiger partial charge on any atom is -0.444 e. The predicted octanol–water partition coefficient (Wildman–Crippen LogP) is 7.09. The summed E-state index contributed by atoms with van der Waals surface area (Å²) in [6.45, 7) is 8.10. The summed E-state index contributed by atoms with van der Waals surface area (Å²) in [4.78, 5) is 34.9. The van der Waals surface area contributed by atoms with Crippen LogP contribution < -0.4 is 4.90 Å². The molecule has 1 atom stereocenters. The van der Waals surface area contributed by atoms with Crippen LogP contribution in [0.1, 0.15) is 56.8 Å². The number of hydrogen-bond acceptors (Lipinski definition) is 6. The second-order valence-corrected chi connectivity index (χ2v) is 13.4. The van der Waals surface area contributed by atoms with E-state index in [4.69, 9.17) is 14.5 Å². The van der Waals surface area contributed by atoms with Crippen LogP contribution in [0.5, 0.6) is 0 Å². The van der Waals surface area contributed by atoms with E-state index in [0.717, 1.165) is 38.5 Å². The van der Waals surface area contributed by atoms with Gasteiger partial charge in [0.2, 0.25) is 0 Å². The van der Waals surface area contributed by atoms with E-state index >= 15 is 8.78 Å². The first-order valence-corrected chi connectivity index (χ1v) is 15.5. The molecule has 6 rings (SSSR count). The van der Waals surface area contributed by atoms with Crippen LogP contribution in [-0.2, 0) is 22.5 Å². The molecule has 3 aliphatic rings. The van der Waals surface area contributed by atoms with Crippen molar-refractivity contribution in [2.45, 2.75) is 64.7 Å². The van der Waals surface area contributed by atoms with Crippen molar-refractivity contribution in [1.82, 2.24) is 14.8 Å².